The molecule has 0 fully saturated rings. The number of aromatic nitrogens is 2. The highest BCUT2D eigenvalue weighted by molar-refractivity contribution is 5.92. The smallest absolute Gasteiger partial charge is 0.322 e. The zero-order valence-corrected chi connectivity index (χ0v) is 13.5. The summed E-state index contributed by atoms with van der Waals surface area (Å²) in [4.78, 5) is 14.4. The highest BCUT2D eigenvalue weighted by atomic mass is 16.5. The van der Waals surface area contributed by atoms with Crippen molar-refractivity contribution in [2.75, 3.05) is 25.6 Å². The summed E-state index contributed by atoms with van der Waals surface area (Å²) in [5, 5.41) is 10.8. The van der Waals surface area contributed by atoms with Gasteiger partial charge in [-0.3, -0.25) is 5.10 Å². The van der Waals surface area contributed by atoms with E-state index in [9.17, 15) is 4.79 Å². The maximum atomic E-state index is 12.6. The van der Waals surface area contributed by atoms with E-state index >= 15 is 0 Å². The highest BCUT2D eigenvalue weighted by Gasteiger charge is 2.14. The summed E-state index contributed by atoms with van der Waals surface area (Å²) >= 11 is 0. The number of hydrogen-bond acceptors (Lipinski definition) is 3. The van der Waals surface area contributed by atoms with Crippen LogP contribution in [0.25, 0.3) is 10.9 Å². The Hall–Kier alpha value is -2.86. The Kier molecular flexibility index (Phi) is 5.08. The Bertz CT molecular complexity index is 801. The van der Waals surface area contributed by atoms with E-state index in [4.69, 9.17) is 4.74 Å². The van der Waals surface area contributed by atoms with Gasteiger partial charge in [0.2, 0.25) is 0 Å². The van der Waals surface area contributed by atoms with Crippen LogP contribution in [0.2, 0.25) is 0 Å². The summed E-state index contributed by atoms with van der Waals surface area (Å²) in [5.41, 5.74) is 2.76. The Morgan fingerprint density at radius 2 is 2.08 bits per heavy atom. The van der Waals surface area contributed by atoms with Crippen molar-refractivity contribution in [2.24, 2.45) is 0 Å². The molecule has 2 aromatic carbocycles. The molecule has 0 radical (unpaired) electrons. The van der Waals surface area contributed by atoms with Gasteiger partial charge in [0, 0.05) is 31.3 Å². The molecule has 0 spiro atoms. The fourth-order valence-electron chi connectivity index (χ4n) is 2.48. The van der Waals surface area contributed by atoms with Gasteiger partial charge in [0.25, 0.3) is 0 Å². The number of nitrogens with zero attached hydrogens (tertiary/aromatic N) is 2. The first kappa shape index (κ1) is 16.0. The molecular weight excluding hydrogens is 304 g/mol. The Morgan fingerprint density at radius 3 is 2.88 bits per heavy atom. The molecule has 0 aliphatic heterocycles. The minimum absolute atomic E-state index is 0.154. The van der Waals surface area contributed by atoms with E-state index in [1.54, 1.807) is 18.2 Å². The summed E-state index contributed by atoms with van der Waals surface area (Å²) in [5.74, 6) is 0. The number of fused-ring (bicyclic) bond motifs is 1. The van der Waals surface area contributed by atoms with Crippen LogP contribution in [0.1, 0.15) is 5.56 Å². The minimum atomic E-state index is -0.154. The second kappa shape index (κ2) is 7.61. The van der Waals surface area contributed by atoms with E-state index in [0.717, 1.165) is 22.2 Å². The molecule has 1 aromatic heterocycles. The first-order valence-electron chi connectivity index (χ1n) is 7.78. The highest BCUT2D eigenvalue weighted by Crippen LogP contribution is 2.17. The molecule has 124 valence electrons. The number of carbonyl (C=O) groups is 1. The number of methoxy groups -OCH3 is 1. The first-order chi connectivity index (χ1) is 11.8. The standard InChI is InChI=1S/C18H20N4O2/c1-24-10-9-22(13-14-5-3-2-4-6-14)18(23)20-16-7-8-17-15(11-16)12-19-21-17/h2-8,11-12H,9-10,13H2,1H3,(H,19,21)(H,20,23). The average Bonchev–Trinajstić information content (AvgIpc) is 3.07. The van der Waals surface area contributed by atoms with E-state index in [1.165, 1.54) is 0 Å². The predicted molar refractivity (Wildman–Crippen MR) is 93.8 cm³/mol. The van der Waals surface area contributed by atoms with Crippen molar-refractivity contribution in [3.05, 3.63) is 60.3 Å². The van der Waals surface area contributed by atoms with E-state index < -0.39 is 0 Å². The topological polar surface area (TPSA) is 70.2 Å². The predicted octanol–water partition coefficient (Wildman–Crippen LogP) is 3.24. The van der Waals surface area contributed by atoms with Gasteiger partial charge in [-0.1, -0.05) is 30.3 Å². The van der Waals surface area contributed by atoms with E-state index in [-0.39, 0.29) is 6.03 Å². The van der Waals surface area contributed by atoms with Crippen LogP contribution in [0.3, 0.4) is 0 Å². The van der Waals surface area contributed by atoms with Gasteiger partial charge < -0.3 is 15.0 Å². The molecule has 3 rings (SSSR count). The molecule has 0 aliphatic rings. The molecule has 0 atom stereocenters. The van der Waals surface area contributed by atoms with Crippen molar-refractivity contribution in [3.8, 4) is 0 Å². The number of carbonyl (C=O) groups excluding carboxylic acids is 1. The van der Waals surface area contributed by atoms with Crippen LogP contribution in [0.5, 0.6) is 0 Å². The third kappa shape index (κ3) is 3.91. The van der Waals surface area contributed by atoms with Crippen molar-refractivity contribution in [3.63, 3.8) is 0 Å². The molecule has 2 N–H and O–H groups in total. The molecule has 1 heterocycles. The second-order valence-electron chi connectivity index (χ2n) is 5.50. The van der Waals surface area contributed by atoms with Crippen LogP contribution < -0.4 is 5.32 Å². The van der Waals surface area contributed by atoms with Crippen molar-refractivity contribution < 1.29 is 9.53 Å². The van der Waals surface area contributed by atoms with Crippen LogP contribution in [-0.2, 0) is 11.3 Å². The van der Waals surface area contributed by atoms with E-state index in [1.807, 2.05) is 48.5 Å². The fraction of sp³-hybridized carbons (Fsp3) is 0.222. The summed E-state index contributed by atoms with van der Waals surface area (Å²) in [6.45, 7) is 1.54. The number of anilines is 1. The molecular formula is C18H20N4O2. The largest absolute Gasteiger partial charge is 0.383 e. The molecule has 0 saturated carbocycles. The van der Waals surface area contributed by atoms with Gasteiger partial charge in [-0.15, -0.1) is 0 Å². The fourth-order valence-corrected chi connectivity index (χ4v) is 2.48. The number of nitrogens with one attached hydrogen (secondary N) is 2. The number of benzene rings is 2. The number of hydrogen-bond donors (Lipinski definition) is 2. The molecule has 3 aromatic rings. The van der Waals surface area contributed by atoms with Crippen LogP contribution >= 0.6 is 0 Å². The number of rotatable bonds is 6. The lowest BCUT2D eigenvalue weighted by atomic mass is 10.2. The zero-order chi connectivity index (χ0) is 16.8. The summed E-state index contributed by atoms with van der Waals surface area (Å²) in [6.07, 6.45) is 1.73. The minimum Gasteiger partial charge on any atom is -0.383 e. The number of aromatic amines is 1. The van der Waals surface area contributed by atoms with Gasteiger partial charge in [-0.05, 0) is 23.8 Å². The third-order valence-corrected chi connectivity index (χ3v) is 3.76. The number of H-pyrrole nitrogens is 1. The van der Waals surface area contributed by atoms with Crippen molar-refractivity contribution in [1.82, 2.24) is 15.1 Å². The lowest BCUT2D eigenvalue weighted by molar-refractivity contribution is 0.153. The molecule has 6 nitrogen and oxygen atoms in total. The van der Waals surface area contributed by atoms with Gasteiger partial charge in [0.05, 0.1) is 18.3 Å². The average molecular weight is 324 g/mol. The first-order valence-corrected chi connectivity index (χ1v) is 7.78. The normalized spacial score (nSPS) is 10.7. The van der Waals surface area contributed by atoms with Crippen LogP contribution in [0.4, 0.5) is 10.5 Å². The Morgan fingerprint density at radius 1 is 1.25 bits per heavy atom. The Balaban J connectivity index is 1.72. The number of urea groups is 1. The lowest BCUT2D eigenvalue weighted by Gasteiger charge is -2.23. The van der Waals surface area contributed by atoms with Crippen molar-refractivity contribution in [1.29, 1.82) is 0 Å². The van der Waals surface area contributed by atoms with Crippen LogP contribution in [-0.4, -0.2) is 41.4 Å². The lowest BCUT2D eigenvalue weighted by Crippen LogP contribution is -2.36. The SMILES string of the molecule is COCCN(Cc1ccccc1)C(=O)Nc1ccc2[nH]ncc2c1. The zero-order valence-electron chi connectivity index (χ0n) is 13.5. The van der Waals surface area contributed by atoms with Gasteiger partial charge in [-0.25, -0.2) is 4.79 Å². The molecule has 2 amide bonds. The summed E-state index contributed by atoms with van der Waals surface area (Å²) in [6, 6.07) is 15.4. The van der Waals surface area contributed by atoms with Crippen molar-refractivity contribution in [2.45, 2.75) is 6.54 Å². The second-order valence-corrected chi connectivity index (χ2v) is 5.50. The van der Waals surface area contributed by atoms with E-state index in [0.29, 0.717) is 19.7 Å². The number of amides is 2. The quantitative estimate of drug-likeness (QED) is 0.731. The summed E-state index contributed by atoms with van der Waals surface area (Å²) in [7, 11) is 1.63. The number of ether oxygens (including phenoxy) is 1. The van der Waals surface area contributed by atoms with Gasteiger partial charge in [0.1, 0.15) is 0 Å². The maximum absolute atomic E-state index is 12.6. The third-order valence-electron chi connectivity index (χ3n) is 3.76. The monoisotopic (exact) mass is 324 g/mol. The molecule has 0 aliphatic carbocycles. The molecule has 0 bridgehead atoms. The van der Waals surface area contributed by atoms with Gasteiger partial charge >= 0.3 is 6.03 Å². The molecule has 0 unspecified atom stereocenters. The molecule has 0 saturated heterocycles. The van der Waals surface area contributed by atoms with E-state index in [2.05, 4.69) is 15.5 Å². The molecule has 6 heteroatoms. The van der Waals surface area contributed by atoms with Gasteiger partial charge in [-0.2, -0.15) is 5.10 Å². The molecule has 24 heavy (non-hydrogen) atoms. The van der Waals surface area contributed by atoms with Gasteiger partial charge in [0.15, 0.2) is 0 Å². The van der Waals surface area contributed by atoms with Crippen molar-refractivity contribution >= 4 is 22.6 Å². The van der Waals surface area contributed by atoms with Crippen LogP contribution in [0, 0.1) is 0 Å². The maximum Gasteiger partial charge on any atom is 0.322 e. The Labute approximate surface area is 140 Å². The van der Waals surface area contributed by atoms with Crippen LogP contribution in [0.15, 0.2) is 54.7 Å². The summed E-state index contributed by atoms with van der Waals surface area (Å²) < 4.78 is 5.12.